The molecule has 1 amide bonds. The standard InChI is InChI=1S/C16H14FN3O/c17-13-3-4-14-11(10-20-15(14)8-13)5-7-19-16(21)12-2-1-6-18-9-12/h1-4,6,8-10,20H,5,7H2,(H,19,21). The Labute approximate surface area is 121 Å². The minimum Gasteiger partial charge on any atom is -0.361 e. The van der Waals surface area contributed by atoms with E-state index in [0.717, 1.165) is 16.5 Å². The topological polar surface area (TPSA) is 57.8 Å². The van der Waals surface area contributed by atoms with Gasteiger partial charge >= 0.3 is 0 Å². The third-order valence-electron chi connectivity index (χ3n) is 3.33. The maximum Gasteiger partial charge on any atom is 0.252 e. The Hall–Kier alpha value is -2.69. The Bertz CT molecular complexity index is 768. The fraction of sp³-hybridized carbons (Fsp3) is 0.125. The van der Waals surface area contributed by atoms with Gasteiger partial charge in [0.25, 0.3) is 5.91 Å². The van der Waals surface area contributed by atoms with Gasteiger partial charge in [0.1, 0.15) is 5.82 Å². The molecule has 0 saturated carbocycles. The summed E-state index contributed by atoms with van der Waals surface area (Å²) >= 11 is 0. The van der Waals surface area contributed by atoms with Gasteiger partial charge in [-0.2, -0.15) is 0 Å². The summed E-state index contributed by atoms with van der Waals surface area (Å²) in [5.74, 6) is -0.408. The molecule has 3 aromatic rings. The molecule has 0 aliphatic heterocycles. The van der Waals surface area contributed by atoms with Crippen molar-refractivity contribution in [1.29, 1.82) is 0 Å². The maximum absolute atomic E-state index is 13.1. The number of aromatic nitrogens is 2. The van der Waals surface area contributed by atoms with E-state index >= 15 is 0 Å². The van der Waals surface area contributed by atoms with E-state index < -0.39 is 0 Å². The van der Waals surface area contributed by atoms with Gasteiger partial charge in [0.05, 0.1) is 5.56 Å². The molecule has 0 bridgehead atoms. The van der Waals surface area contributed by atoms with Gasteiger partial charge in [0.2, 0.25) is 0 Å². The van der Waals surface area contributed by atoms with E-state index in [9.17, 15) is 9.18 Å². The molecule has 2 heterocycles. The second-order valence-corrected chi connectivity index (χ2v) is 4.75. The van der Waals surface area contributed by atoms with Gasteiger partial charge in [-0.3, -0.25) is 9.78 Å². The van der Waals surface area contributed by atoms with E-state index in [-0.39, 0.29) is 11.7 Å². The van der Waals surface area contributed by atoms with E-state index in [1.807, 2.05) is 6.20 Å². The fourth-order valence-electron chi connectivity index (χ4n) is 2.28. The first-order chi connectivity index (χ1) is 10.2. The molecule has 1 aromatic carbocycles. The van der Waals surface area contributed by atoms with Crippen LogP contribution in [0, 0.1) is 5.82 Å². The zero-order chi connectivity index (χ0) is 14.7. The Kier molecular flexibility index (Phi) is 3.64. The van der Waals surface area contributed by atoms with Crippen LogP contribution in [0.1, 0.15) is 15.9 Å². The number of hydrogen-bond donors (Lipinski definition) is 2. The van der Waals surface area contributed by atoms with Crippen molar-refractivity contribution in [3.63, 3.8) is 0 Å². The number of rotatable bonds is 4. The highest BCUT2D eigenvalue weighted by Crippen LogP contribution is 2.19. The SMILES string of the molecule is O=C(NCCc1c[nH]c2cc(F)ccc12)c1cccnc1. The molecule has 106 valence electrons. The van der Waals surface area contributed by atoms with Gasteiger partial charge in [-0.25, -0.2) is 4.39 Å². The summed E-state index contributed by atoms with van der Waals surface area (Å²) in [6.45, 7) is 0.512. The number of pyridine rings is 1. The molecule has 2 aromatic heterocycles. The zero-order valence-corrected chi connectivity index (χ0v) is 11.3. The fourth-order valence-corrected chi connectivity index (χ4v) is 2.28. The van der Waals surface area contributed by atoms with Crippen molar-refractivity contribution < 1.29 is 9.18 Å². The predicted octanol–water partition coefficient (Wildman–Crippen LogP) is 2.67. The lowest BCUT2D eigenvalue weighted by molar-refractivity contribution is 0.0954. The van der Waals surface area contributed by atoms with Crippen LogP contribution >= 0.6 is 0 Å². The van der Waals surface area contributed by atoms with Crippen molar-refractivity contribution in [2.45, 2.75) is 6.42 Å². The average Bonchev–Trinajstić information content (AvgIpc) is 2.90. The second kappa shape index (κ2) is 5.75. The quantitative estimate of drug-likeness (QED) is 0.773. The Morgan fingerprint density at radius 2 is 2.24 bits per heavy atom. The third kappa shape index (κ3) is 2.91. The predicted molar refractivity (Wildman–Crippen MR) is 78.5 cm³/mol. The molecular weight excluding hydrogens is 269 g/mol. The molecule has 0 unspecified atom stereocenters. The van der Waals surface area contributed by atoms with Crippen LogP contribution < -0.4 is 5.32 Å². The van der Waals surface area contributed by atoms with Crippen LogP contribution in [0.15, 0.2) is 48.9 Å². The lowest BCUT2D eigenvalue weighted by Crippen LogP contribution is -2.25. The molecule has 0 radical (unpaired) electrons. The highest BCUT2D eigenvalue weighted by atomic mass is 19.1. The van der Waals surface area contributed by atoms with E-state index in [0.29, 0.717) is 18.5 Å². The van der Waals surface area contributed by atoms with E-state index in [1.165, 1.54) is 18.3 Å². The molecule has 5 heteroatoms. The summed E-state index contributed by atoms with van der Waals surface area (Å²) in [5.41, 5.74) is 2.36. The Morgan fingerprint density at radius 3 is 3.05 bits per heavy atom. The molecule has 0 atom stereocenters. The van der Waals surface area contributed by atoms with Crippen LogP contribution in [-0.2, 0) is 6.42 Å². The number of aromatic amines is 1. The summed E-state index contributed by atoms with van der Waals surface area (Å²) in [5, 5.41) is 3.83. The molecule has 4 nitrogen and oxygen atoms in total. The van der Waals surface area contributed by atoms with Crippen LogP contribution in [0.3, 0.4) is 0 Å². The summed E-state index contributed by atoms with van der Waals surface area (Å²) in [6, 6.07) is 8.10. The summed E-state index contributed by atoms with van der Waals surface area (Å²) < 4.78 is 13.1. The number of hydrogen-bond acceptors (Lipinski definition) is 2. The average molecular weight is 283 g/mol. The minimum atomic E-state index is -0.263. The molecule has 21 heavy (non-hydrogen) atoms. The maximum atomic E-state index is 13.1. The lowest BCUT2D eigenvalue weighted by Gasteiger charge is -2.04. The van der Waals surface area contributed by atoms with Crippen LogP contribution in [0.25, 0.3) is 10.9 Å². The van der Waals surface area contributed by atoms with Crippen molar-refractivity contribution >= 4 is 16.8 Å². The van der Waals surface area contributed by atoms with Crippen molar-refractivity contribution in [2.75, 3.05) is 6.54 Å². The largest absolute Gasteiger partial charge is 0.361 e. The van der Waals surface area contributed by atoms with Gasteiger partial charge in [0.15, 0.2) is 0 Å². The Morgan fingerprint density at radius 1 is 1.33 bits per heavy atom. The van der Waals surface area contributed by atoms with E-state index in [1.54, 1.807) is 24.4 Å². The minimum absolute atomic E-state index is 0.144. The monoisotopic (exact) mass is 283 g/mol. The second-order valence-electron chi connectivity index (χ2n) is 4.75. The third-order valence-corrected chi connectivity index (χ3v) is 3.33. The molecule has 0 aliphatic rings. The van der Waals surface area contributed by atoms with Crippen molar-refractivity contribution in [2.24, 2.45) is 0 Å². The molecule has 0 spiro atoms. The molecule has 0 saturated heterocycles. The van der Waals surface area contributed by atoms with Crippen LogP contribution in [0.5, 0.6) is 0 Å². The normalized spacial score (nSPS) is 10.7. The molecule has 0 fully saturated rings. The van der Waals surface area contributed by atoms with Gasteiger partial charge < -0.3 is 10.3 Å². The van der Waals surface area contributed by atoms with Crippen LogP contribution in [0.2, 0.25) is 0 Å². The number of carbonyl (C=O) groups excluding carboxylic acids is 1. The highest BCUT2D eigenvalue weighted by Gasteiger charge is 2.07. The van der Waals surface area contributed by atoms with Crippen molar-refractivity contribution in [1.82, 2.24) is 15.3 Å². The molecule has 3 rings (SSSR count). The molecule has 2 N–H and O–H groups in total. The summed E-state index contributed by atoms with van der Waals surface area (Å²) in [6.07, 6.45) is 5.68. The smallest absolute Gasteiger partial charge is 0.252 e. The van der Waals surface area contributed by atoms with Gasteiger partial charge in [-0.1, -0.05) is 0 Å². The number of nitrogens with zero attached hydrogens (tertiary/aromatic N) is 1. The first kappa shape index (κ1) is 13.3. The number of nitrogens with one attached hydrogen (secondary N) is 2. The summed E-state index contributed by atoms with van der Waals surface area (Å²) in [4.78, 5) is 18.8. The Balaban J connectivity index is 1.63. The number of fused-ring (bicyclic) bond motifs is 1. The van der Waals surface area contributed by atoms with Crippen LogP contribution in [0.4, 0.5) is 4.39 Å². The number of halogens is 1. The van der Waals surface area contributed by atoms with E-state index in [2.05, 4.69) is 15.3 Å². The van der Waals surface area contributed by atoms with Gasteiger partial charge in [-0.05, 0) is 42.3 Å². The van der Waals surface area contributed by atoms with Gasteiger partial charge in [0, 0.05) is 36.0 Å². The first-order valence-electron chi connectivity index (χ1n) is 6.68. The van der Waals surface area contributed by atoms with Gasteiger partial charge in [-0.15, -0.1) is 0 Å². The first-order valence-corrected chi connectivity index (χ1v) is 6.68. The van der Waals surface area contributed by atoms with Crippen molar-refractivity contribution in [3.05, 3.63) is 65.9 Å². The lowest BCUT2D eigenvalue weighted by atomic mass is 10.1. The molecular formula is C16H14FN3O. The summed E-state index contributed by atoms with van der Waals surface area (Å²) in [7, 11) is 0. The highest BCUT2D eigenvalue weighted by molar-refractivity contribution is 5.93. The number of carbonyl (C=O) groups is 1. The molecule has 0 aliphatic carbocycles. The van der Waals surface area contributed by atoms with Crippen molar-refractivity contribution in [3.8, 4) is 0 Å². The number of benzene rings is 1. The zero-order valence-electron chi connectivity index (χ0n) is 11.3. The number of amides is 1. The number of H-pyrrole nitrogens is 1. The van der Waals surface area contributed by atoms with E-state index in [4.69, 9.17) is 0 Å². The van der Waals surface area contributed by atoms with Crippen LogP contribution in [-0.4, -0.2) is 22.4 Å².